The highest BCUT2D eigenvalue weighted by Crippen LogP contribution is 2.40. The van der Waals surface area contributed by atoms with Gasteiger partial charge in [0.25, 0.3) is 0 Å². The Morgan fingerprint density at radius 1 is 0.833 bits per heavy atom. The number of carbonyl (C=O) groups is 4. The van der Waals surface area contributed by atoms with E-state index >= 15 is 0 Å². The van der Waals surface area contributed by atoms with E-state index in [1.54, 1.807) is 0 Å². The summed E-state index contributed by atoms with van der Waals surface area (Å²) in [6.45, 7) is 10.1. The van der Waals surface area contributed by atoms with Gasteiger partial charge in [0.05, 0.1) is 12.1 Å². The molecule has 0 radical (unpaired) electrons. The molecule has 2 aromatic carbocycles. The topological polar surface area (TPSA) is 148 Å². The van der Waals surface area contributed by atoms with Crippen molar-refractivity contribution in [2.75, 3.05) is 19.6 Å². The van der Waals surface area contributed by atoms with Crippen LogP contribution in [0.15, 0.2) is 72.8 Å². The average Bonchev–Trinajstić information content (AvgIpc) is 3.61. The maximum atomic E-state index is 14.0. The molecule has 0 spiro atoms. The van der Waals surface area contributed by atoms with Crippen LogP contribution in [-0.4, -0.2) is 66.2 Å². The van der Waals surface area contributed by atoms with Gasteiger partial charge >= 0.3 is 0 Å². The van der Waals surface area contributed by atoms with Crippen LogP contribution in [0.3, 0.4) is 0 Å². The minimum absolute atomic E-state index is 0.0587. The minimum Gasteiger partial charge on any atom is -0.345 e. The van der Waals surface area contributed by atoms with Gasteiger partial charge in [-0.1, -0.05) is 86.7 Å². The number of benzene rings is 2. The van der Waals surface area contributed by atoms with Crippen molar-refractivity contribution < 1.29 is 19.2 Å². The Hall–Kier alpha value is -3.82. The fraction of sp³-hybridized carbons (Fsp3) is 0.538. The van der Waals surface area contributed by atoms with Crippen molar-refractivity contribution in [2.45, 2.75) is 89.8 Å². The molecule has 1 saturated heterocycles. The maximum absolute atomic E-state index is 14.0. The number of nitrogens with two attached hydrogens (primary N) is 2. The minimum atomic E-state index is -0.857. The lowest BCUT2D eigenvalue weighted by atomic mass is 9.88. The second-order valence-electron chi connectivity index (χ2n) is 14.3. The molecule has 4 rings (SSSR count). The molecule has 3 amide bonds. The van der Waals surface area contributed by atoms with Gasteiger partial charge in [0.15, 0.2) is 5.78 Å². The van der Waals surface area contributed by atoms with Gasteiger partial charge in [0.2, 0.25) is 17.7 Å². The van der Waals surface area contributed by atoms with Crippen LogP contribution in [0.5, 0.6) is 0 Å². The van der Waals surface area contributed by atoms with E-state index in [9.17, 15) is 19.2 Å². The molecule has 9 heteroatoms. The van der Waals surface area contributed by atoms with E-state index in [2.05, 4.69) is 17.2 Å². The summed E-state index contributed by atoms with van der Waals surface area (Å²) in [5, 5.41) is 5.98. The Labute approximate surface area is 286 Å². The number of ketones is 1. The summed E-state index contributed by atoms with van der Waals surface area (Å²) in [4.78, 5) is 57.0. The van der Waals surface area contributed by atoms with Gasteiger partial charge in [-0.25, -0.2) is 0 Å². The number of hydrogen-bond acceptors (Lipinski definition) is 6. The summed E-state index contributed by atoms with van der Waals surface area (Å²) in [6, 6.07) is 16.6. The van der Waals surface area contributed by atoms with Crippen LogP contribution in [0.1, 0.15) is 69.9 Å². The number of amides is 3. The molecule has 1 aliphatic heterocycles. The first kappa shape index (κ1) is 37.0. The molecule has 1 saturated carbocycles. The number of fused-ring (bicyclic) bond motifs is 1. The van der Waals surface area contributed by atoms with Crippen molar-refractivity contribution in [1.29, 1.82) is 0 Å². The monoisotopic (exact) mass is 657 g/mol. The molecule has 0 bridgehead atoms. The van der Waals surface area contributed by atoms with Crippen molar-refractivity contribution in [3.8, 4) is 0 Å². The number of carbonyl (C=O) groups excluding carboxylic acids is 4. The number of likely N-dealkylation sites (tertiary alicyclic amines) is 1. The van der Waals surface area contributed by atoms with Gasteiger partial charge < -0.3 is 27.0 Å². The fourth-order valence-electron chi connectivity index (χ4n) is 7.24. The molecule has 0 aromatic heterocycles. The molecule has 2 aromatic rings. The fourth-order valence-corrected chi connectivity index (χ4v) is 7.24. The Kier molecular flexibility index (Phi) is 13.9. The normalized spacial score (nSPS) is 19.8. The lowest BCUT2D eigenvalue weighted by Crippen LogP contribution is -2.52. The molecule has 6 N–H and O–H groups in total. The maximum Gasteiger partial charge on any atom is 0.245 e. The van der Waals surface area contributed by atoms with Crippen LogP contribution in [0.2, 0.25) is 0 Å². The van der Waals surface area contributed by atoms with Gasteiger partial charge in [-0.3, -0.25) is 19.2 Å². The predicted molar refractivity (Wildman–Crippen MR) is 190 cm³/mol. The van der Waals surface area contributed by atoms with E-state index < -0.39 is 30.0 Å². The van der Waals surface area contributed by atoms with Crippen LogP contribution in [0.25, 0.3) is 0 Å². The zero-order valence-corrected chi connectivity index (χ0v) is 28.7. The van der Waals surface area contributed by atoms with E-state index in [1.807, 2.05) is 79.4 Å². The third-order valence-electron chi connectivity index (χ3n) is 9.75. The summed E-state index contributed by atoms with van der Waals surface area (Å²) >= 11 is 0. The van der Waals surface area contributed by atoms with Crippen molar-refractivity contribution in [2.24, 2.45) is 35.1 Å². The second-order valence-corrected chi connectivity index (χ2v) is 14.3. The van der Waals surface area contributed by atoms with Crippen molar-refractivity contribution >= 4 is 23.5 Å². The van der Waals surface area contributed by atoms with Crippen LogP contribution in [0, 0.1) is 23.7 Å². The van der Waals surface area contributed by atoms with E-state index in [4.69, 9.17) is 11.5 Å². The Morgan fingerprint density at radius 3 is 1.96 bits per heavy atom. The highest BCUT2D eigenvalue weighted by molar-refractivity contribution is 5.95. The van der Waals surface area contributed by atoms with E-state index in [0.717, 1.165) is 30.4 Å². The first-order valence-corrected chi connectivity index (χ1v) is 17.7. The van der Waals surface area contributed by atoms with Crippen LogP contribution in [0.4, 0.5) is 0 Å². The lowest BCUT2D eigenvalue weighted by Gasteiger charge is -2.28. The average molecular weight is 658 g/mol. The molecule has 9 nitrogen and oxygen atoms in total. The van der Waals surface area contributed by atoms with E-state index in [1.165, 1.54) is 5.57 Å². The second kappa shape index (κ2) is 18.1. The smallest absolute Gasteiger partial charge is 0.245 e. The molecule has 48 heavy (non-hydrogen) atoms. The number of unbranched alkanes of at least 4 members (excludes halogenated alkanes) is 1. The molecule has 6 unspecified atom stereocenters. The first-order valence-electron chi connectivity index (χ1n) is 17.7. The molecule has 1 aliphatic carbocycles. The summed E-state index contributed by atoms with van der Waals surface area (Å²) in [5.74, 6) is -0.667. The molecule has 2 aliphatic rings. The van der Waals surface area contributed by atoms with Crippen molar-refractivity contribution in [3.05, 3.63) is 83.9 Å². The Balaban J connectivity index is 1.47. The zero-order valence-electron chi connectivity index (χ0n) is 28.7. The van der Waals surface area contributed by atoms with Crippen molar-refractivity contribution in [1.82, 2.24) is 15.5 Å². The summed E-state index contributed by atoms with van der Waals surface area (Å²) < 4.78 is 0. The Bertz CT molecular complexity index is 1370. The standard InChI is InChI=1S/C39H55N5O4/c1-26(2)18-30(37(46)42-34(16-10-11-17-40)39(48)44-24-31-19-27(3)20-32(31)25-44)23-36(45)35(22-29-14-8-5-9-15-29)43-38(47)33(41)21-28-12-6-4-7-13-28/h4-9,12-15,26,30-35H,3,10-11,16-25,40-41H2,1-2H3,(H,42,46)(H,43,47). The lowest BCUT2D eigenvalue weighted by molar-refractivity contribution is -0.138. The third-order valence-corrected chi connectivity index (χ3v) is 9.75. The number of rotatable bonds is 18. The molecule has 1 heterocycles. The number of hydrogen-bond donors (Lipinski definition) is 4. The summed E-state index contributed by atoms with van der Waals surface area (Å²) in [7, 11) is 0. The molecule has 260 valence electrons. The van der Waals surface area contributed by atoms with Gasteiger partial charge in [-0.15, -0.1) is 0 Å². The summed E-state index contributed by atoms with van der Waals surface area (Å²) in [5.41, 5.74) is 15.1. The van der Waals surface area contributed by atoms with Crippen molar-refractivity contribution in [3.63, 3.8) is 0 Å². The molecule has 6 atom stereocenters. The Morgan fingerprint density at radius 2 is 1.40 bits per heavy atom. The summed E-state index contributed by atoms with van der Waals surface area (Å²) in [6.07, 6.45) is 4.90. The number of allylic oxidation sites excluding steroid dienone is 1. The van der Waals surface area contributed by atoms with Crippen LogP contribution >= 0.6 is 0 Å². The predicted octanol–water partition coefficient (Wildman–Crippen LogP) is 3.94. The number of nitrogens with zero attached hydrogens (tertiary/aromatic N) is 1. The third kappa shape index (κ3) is 10.9. The first-order chi connectivity index (χ1) is 23.0. The van der Waals surface area contributed by atoms with Gasteiger partial charge in [-0.2, -0.15) is 0 Å². The quantitative estimate of drug-likeness (QED) is 0.141. The number of Topliss-reactive ketones (excluding diaryl/α,β-unsaturated/α-hetero) is 1. The highest BCUT2D eigenvalue weighted by atomic mass is 16.2. The van der Waals surface area contributed by atoms with Crippen LogP contribution in [-0.2, 0) is 32.0 Å². The van der Waals surface area contributed by atoms with E-state index in [-0.39, 0.29) is 36.4 Å². The SMILES string of the molecule is C=C1CC2CN(C(=O)C(CCCCN)NC(=O)C(CC(=O)C(Cc3ccccc3)NC(=O)C(N)Cc3ccccc3)CC(C)C)CC2C1. The highest BCUT2D eigenvalue weighted by Gasteiger charge is 2.41. The van der Waals surface area contributed by atoms with Crippen LogP contribution < -0.4 is 22.1 Å². The van der Waals surface area contributed by atoms with Gasteiger partial charge in [0.1, 0.15) is 6.04 Å². The zero-order chi connectivity index (χ0) is 34.6. The largest absolute Gasteiger partial charge is 0.345 e. The number of nitrogens with one attached hydrogen (secondary N) is 2. The molecule has 2 fully saturated rings. The molecular weight excluding hydrogens is 602 g/mol. The van der Waals surface area contributed by atoms with Gasteiger partial charge in [0, 0.05) is 25.4 Å². The van der Waals surface area contributed by atoms with Gasteiger partial charge in [-0.05, 0) is 86.8 Å². The molecular formula is C39H55N5O4. The van der Waals surface area contributed by atoms with E-state index in [0.29, 0.717) is 57.2 Å².